The molecule has 1 heterocycles. The Balaban J connectivity index is 2.05. The van der Waals surface area contributed by atoms with Crippen LogP contribution in [0, 0.1) is 0 Å². The van der Waals surface area contributed by atoms with Crippen molar-refractivity contribution in [2.24, 2.45) is 0 Å². The van der Waals surface area contributed by atoms with E-state index in [1.54, 1.807) is 0 Å². The molecule has 1 aliphatic carbocycles. The van der Waals surface area contributed by atoms with Crippen molar-refractivity contribution in [3.05, 3.63) is 24.3 Å². The number of amides is 2. The van der Waals surface area contributed by atoms with E-state index in [0.717, 1.165) is 19.5 Å². The molecule has 0 aromatic heterocycles. The van der Waals surface area contributed by atoms with E-state index in [9.17, 15) is 4.79 Å². The minimum Gasteiger partial charge on any atom is -0.338 e. The number of rotatable bonds is 1. The van der Waals surface area contributed by atoms with E-state index in [-0.39, 0.29) is 12.1 Å². The number of nitrogens with zero attached hydrogens (tertiary/aromatic N) is 1. The molecular weight excluding hydrogens is 152 g/mol. The maximum absolute atomic E-state index is 11.3. The van der Waals surface area contributed by atoms with Crippen LogP contribution < -0.4 is 5.32 Å². The highest BCUT2D eigenvalue weighted by Crippen LogP contribution is 2.11. The van der Waals surface area contributed by atoms with Crippen LogP contribution in [0.1, 0.15) is 6.42 Å². The predicted molar refractivity (Wildman–Crippen MR) is 46.8 cm³/mol. The van der Waals surface area contributed by atoms with Crippen LogP contribution in [0.3, 0.4) is 0 Å². The molecule has 0 atom stereocenters. The molecular formula is C9H12N2O. The van der Waals surface area contributed by atoms with Crippen molar-refractivity contribution < 1.29 is 4.79 Å². The van der Waals surface area contributed by atoms with Crippen molar-refractivity contribution in [2.75, 3.05) is 13.1 Å². The van der Waals surface area contributed by atoms with Gasteiger partial charge in [0.25, 0.3) is 0 Å². The highest BCUT2D eigenvalue weighted by molar-refractivity contribution is 5.76. The number of allylic oxidation sites excluding steroid dienone is 2. The summed E-state index contributed by atoms with van der Waals surface area (Å²) in [4.78, 5) is 13.2. The maximum atomic E-state index is 11.3. The van der Waals surface area contributed by atoms with E-state index in [2.05, 4.69) is 5.32 Å². The summed E-state index contributed by atoms with van der Waals surface area (Å²) in [5.74, 6) is 0. The standard InChI is InChI=1S/C9H12N2O/c12-9-10-6-3-7-11(9)8-4-1-2-5-8/h1-2,4-5,8H,3,6-7H2,(H,10,12). The maximum Gasteiger partial charge on any atom is 0.318 e. The van der Waals surface area contributed by atoms with Gasteiger partial charge in [-0.05, 0) is 6.42 Å². The number of hydrogen-bond acceptors (Lipinski definition) is 1. The second-order valence-electron chi connectivity index (χ2n) is 3.04. The van der Waals surface area contributed by atoms with Crippen LogP contribution in [0.2, 0.25) is 0 Å². The van der Waals surface area contributed by atoms with Gasteiger partial charge in [0, 0.05) is 13.1 Å². The average molecular weight is 164 g/mol. The summed E-state index contributed by atoms with van der Waals surface area (Å²) >= 11 is 0. The smallest absolute Gasteiger partial charge is 0.318 e. The van der Waals surface area contributed by atoms with E-state index < -0.39 is 0 Å². The van der Waals surface area contributed by atoms with Gasteiger partial charge in [0.05, 0.1) is 6.04 Å². The van der Waals surface area contributed by atoms with Crippen molar-refractivity contribution in [3.8, 4) is 0 Å². The first-order valence-electron chi connectivity index (χ1n) is 4.27. The minimum atomic E-state index is 0.0578. The molecule has 1 fully saturated rings. The fourth-order valence-electron chi connectivity index (χ4n) is 1.56. The highest BCUT2D eigenvalue weighted by atomic mass is 16.2. The molecule has 2 aliphatic rings. The SMILES string of the molecule is O=C1NCCCN1C1C=CC=C1. The molecule has 2 rings (SSSR count). The zero-order chi connectivity index (χ0) is 8.39. The summed E-state index contributed by atoms with van der Waals surface area (Å²) in [6, 6.07) is 0.243. The van der Waals surface area contributed by atoms with E-state index in [0.29, 0.717) is 0 Å². The van der Waals surface area contributed by atoms with Gasteiger partial charge in [-0.25, -0.2) is 4.79 Å². The molecule has 0 spiro atoms. The number of nitrogens with one attached hydrogen (secondary N) is 1. The Kier molecular flexibility index (Phi) is 1.86. The van der Waals surface area contributed by atoms with Gasteiger partial charge in [-0.3, -0.25) is 0 Å². The Labute approximate surface area is 71.7 Å². The lowest BCUT2D eigenvalue weighted by Crippen LogP contribution is -2.49. The lowest BCUT2D eigenvalue weighted by atomic mass is 10.2. The summed E-state index contributed by atoms with van der Waals surface area (Å²) in [5, 5.41) is 2.83. The van der Waals surface area contributed by atoms with Crippen LogP contribution in [0.15, 0.2) is 24.3 Å². The monoisotopic (exact) mass is 164 g/mol. The molecule has 2 amide bonds. The van der Waals surface area contributed by atoms with Crippen LogP contribution >= 0.6 is 0 Å². The summed E-state index contributed by atoms with van der Waals surface area (Å²) in [6.07, 6.45) is 9.07. The van der Waals surface area contributed by atoms with Gasteiger partial charge in [0.1, 0.15) is 0 Å². The molecule has 0 bridgehead atoms. The van der Waals surface area contributed by atoms with Crippen molar-refractivity contribution in [1.29, 1.82) is 0 Å². The van der Waals surface area contributed by atoms with Crippen molar-refractivity contribution >= 4 is 6.03 Å². The zero-order valence-corrected chi connectivity index (χ0v) is 6.86. The quantitative estimate of drug-likeness (QED) is 0.613. The van der Waals surface area contributed by atoms with Gasteiger partial charge in [-0.1, -0.05) is 24.3 Å². The number of carbonyl (C=O) groups excluding carboxylic acids is 1. The van der Waals surface area contributed by atoms with Gasteiger partial charge in [-0.15, -0.1) is 0 Å². The molecule has 0 saturated carbocycles. The van der Waals surface area contributed by atoms with Crippen LogP contribution in [0.25, 0.3) is 0 Å². The first-order chi connectivity index (χ1) is 5.88. The van der Waals surface area contributed by atoms with Crippen LogP contribution in [0.4, 0.5) is 4.79 Å². The second-order valence-corrected chi connectivity index (χ2v) is 3.04. The van der Waals surface area contributed by atoms with Gasteiger partial charge < -0.3 is 10.2 Å². The fraction of sp³-hybridized carbons (Fsp3) is 0.444. The number of carbonyl (C=O) groups is 1. The third-order valence-electron chi connectivity index (χ3n) is 2.20. The molecule has 3 nitrogen and oxygen atoms in total. The fourth-order valence-corrected chi connectivity index (χ4v) is 1.56. The Morgan fingerprint density at radius 1 is 1.42 bits per heavy atom. The molecule has 1 aliphatic heterocycles. The number of urea groups is 1. The van der Waals surface area contributed by atoms with Crippen LogP contribution in [-0.2, 0) is 0 Å². The van der Waals surface area contributed by atoms with E-state index in [4.69, 9.17) is 0 Å². The van der Waals surface area contributed by atoms with Crippen LogP contribution in [0.5, 0.6) is 0 Å². The van der Waals surface area contributed by atoms with Gasteiger partial charge >= 0.3 is 6.03 Å². The summed E-state index contributed by atoms with van der Waals surface area (Å²) in [5.41, 5.74) is 0. The van der Waals surface area contributed by atoms with Crippen molar-refractivity contribution in [1.82, 2.24) is 10.2 Å². The molecule has 0 aromatic carbocycles. The van der Waals surface area contributed by atoms with Crippen molar-refractivity contribution in [3.63, 3.8) is 0 Å². The second kappa shape index (κ2) is 3.01. The van der Waals surface area contributed by atoms with Crippen LogP contribution in [-0.4, -0.2) is 30.1 Å². The zero-order valence-electron chi connectivity index (χ0n) is 6.86. The lowest BCUT2D eigenvalue weighted by Gasteiger charge is -2.30. The summed E-state index contributed by atoms with van der Waals surface area (Å²) in [6.45, 7) is 1.68. The van der Waals surface area contributed by atoms with Gasteiger partial charge in [-0.2, -0.15) is 0 Å². The number of hydrogen-bond donors (Lipinski definition) is 1. The Hall–Kier alpha value is -1.25. The summed E-state index contributed by atoms with van der Waals surface area (Å²) in [7, 11) is 0. The Morgan fingerprint density at radius 3 is 2.83 bits per heavy atom. The average Bonchev–Trinajstić information content (AvgIpc) is 2.57. The van der Waals surface area contributed by atoms with E-state index >= 15 is 0 Å². The van der Waals surface area contributed by atoms with E-state index in [1.807, 2.05) is 29.2 Å². The van der Waals surface area contributed by atoms with Gasteiger partial charge in [0.2, 0.25) is 0 Å². The Morgan fingerprint density at radius 2 is 2.17 bits per heavy atom. The molecule has 0 radical (unpaired) electrons. The van der Waals surface area contributed by atoms with Crippen molar-refractivity contribution in [2.45, 2.75) is 12.5 Å². The third kappa shape index (κ3) is 1.22. The first kappa shape index (κ1) is 7.40. The first-order valence-corrected chi connectivity index (χ1v) is 4.27. The summed E-state index contributed by atoms with van der Waals surface area (Å²) < 4.78 is 0. The molecule has 64 valence electrons. The topological polar surface area (TPSA) is 32.3 Å². The third-order valence-corrected chi connectivity index (χ3v) is 2.20. The molecule has 1 N–H and O–H groups in total. The van der Waals surface area contributed by atoms with E-state index in [1.165, 1.54) is 0 Å². The predicted octanol–water partition coefficient (Wildman–Crippen LogP) is 0.896. The largest absolute Gasteiger partial charge is 0.338 e. The minimum absolute atomic E-state index is 0.0578. The Bertz CT molecular complexity index is 233. The normalized spacial score (nSPS) is 23.3. The molecule has 1 saturated heterocycles. The molecule has 0 aromatic rings. The van der Waals surface area contributed by atoms with Gasteiger partial charge in [0.15, 0.2) is 0 Å². The molecule has 0 unspecified atom stereocenters. The molecule has 3 heteroatoms. The lowest BCUT2D eigenvalue weighted by molar-refractivity contribution is 0.182. The highest BCUT2D eigenvalue weighted by Gasteiger charge is 2.22. The molecule has 12 heavy (non-hydrogen) atoms.